The highest BCUT2D eigenvalue weighted by Gasteiger charge is 2.15. The second kappa shape index (κ2) is 6.58. The molecule has 0 aliphatic heterocycles. The van der Waals surface area contributed by atoms with Gasteiger partial charge in [0.1, 0.15) is 5.82 Å². The second-order valence-corrected chi connectivity index (χ2v) is 5.99. The molecule has 0 aromatic carbocycles. The van der Waals surface area contributed by atoms with Crippen molar-refractivity contribution in [1.82, 2.24) is 15.5 Å². The number of carbonyl (C=O) groups is 1. The van der Waals surface area contributed by atoms with Crippen molar-refractivity contribution in [3.05, 3.63) is 17.8 Å². The predicted molar refractivity (Wildman–Crippen MR) is 76.1 cm³/mol. The van der Waals surface area contributed by atoms with Gasteiger partial charge in [0.15, 0.2) is 5.69 Å². The van der Waals surface area contributed by atoms with E-state index in [1.807, 2.05) is 6.92 Å². The lowest BCUT2D eigenvalue weighted by Crippen LogP contribution is -2.27. The molecular weight excluding hydrogens is 248 g/mol. The molecule has 0 atom stereocenters. The minimum atomic E-state index is -0.194. The van der Waals surface area contributed by atoms with Crippen LogP contribution in [-0.4, -0.2) is 40.2 Å². The van der Waals surface area contributed by atoms with Gasteiger partial charge in [-0.3, -0.25) is 4.79 Å². The molecule has 5 nitrogen and oxygen atoms in total. The molecule has 1 aromatic rings. The third-order valence-electron chi connectivity index (χ3n) is 2.48. The molecule has 18 heavy (non-hydrogen) atoms. The summed E-state index contributed by atoms with van der Waals surface area (Å²) in [6, 6.07) is 3.44. The van der Waals surface area contributed by atoms with Crippen molar-refractivity contribution in [1.29, 1.82) is 0 Å². The lowest BCUT2D eigenvalue weighted by atomic mass is 10.2. The molecule has 100 valence electrons. The molecule has 0 saturated carbocycles. The van der Waals surface area contributed by atoms with Crippen molar-refractivity contribution in [3.63, 3.8) is 0 Å². The van der Waals surface area contributed by atoms with Crippen LogP contribution >= 0.6 is 11.8 Å². The summed E-state index contributed by atoms with van der Waals surface area (Å²) in [6.45, 7) is 7.56. The molecule has 0 spiro atoms. The van der Waals surface area contributed by atoms with E-state index < -0.39 is 0 Å². The van der Waals surface area contributed by atoms with Crippen molar-refractivity contribution in [2.24, 2.45) is 0 Å². The zero-order valence-electron chi connectivity index (χ0n) is 11.3. The van der Waals surface area contributed by atoms with Crippen LogP contribution in [0, 0.1) is 0 Å². The van der Waals surface area contributed by atoms with Crippen LogP contribution in [0.5, 0.6) is 0 Å². The maximum atomic E-state index is 11.5. The average molecular weight is 268 g/mol. The minimum absolute atomic E-state index is 0.139. The van der Waals surface area contributed by atoms with Crippen LogP contribution in [0.25, 0.3) is 0 Å². The Hall–Kier alpha value is -1.30. The highest BCUT2D eigenvalue weighted by atomic mass is 32.2. The largest absolute Gasteiger partial charge is 0.367 e. The van der Waals surface area contributed by atoms with Crippen LogP contribution in [0.1, 0.15) is 31.3 Å². The maximum absolute atomic E-state index is 11.5. The van der Waals surface area contributed by atoms with Crippen molar-refractivity contribution in [2.45, 2.75) is 25.5 Å². The first-order valence-corrected chi connectivity index (χ1v) is 7.12. The van der Waals surface area contributed by atoms with Gasteiger partial charge < -0.3 is 10.6 Å². The van der Waals surface area contributed by atoms with Gasteiger partial charge in [0, 0.05) is 17.8 Å². The lowest BCUT2D eigenvalue weighted by Gasteiger charge is -2.22. The molecule has 1 rings (SSSR count). The van der Waals surface area contributed by atoms with E-state index in [-0.39, 0.29) is 10.7 Å². The van der Waals surface area contributed by atoms with Crippen molar-refractivity contribution in [2.75, 3.05) is 24.7 Å². The van der Waals surface area contributed by atoms with Gasteiger partial charge >= 0.3 is 0 Å². The van der Waals surface area contributed by atoms with Gasteiger partial charge in [0.2, 0.25) is 0 Å². The molecular formula is C12H20N4OS. The number of aromatic nitrogens is 2. The van der Waals surface area contributed by atoms with Gasteiger partial charge in [-0.15, -0.1) is 10.2 Å². The molecule has 2 N–H and O–H groups in total. The van der Waals surface area contributed by atoms with Crippen LogP contribution < -0.4 is 10.6 Å². The predicted octanol–water partition coefficient (Wildman–Crippen LogP) is 1.78. The Labute approximate surface area is 112 Å². The van der Waals surface area contributed by atoms with E-state index in [9.17, 15) is 4.79 Å². The van der Waals surface area contributed by atoms with Gasteiger partial charge in [-0.05, 0) is 39.2 Å². The molecule has 0 saturated heterocycles. The van der Waals surface area contributed by atoms with Crippen LogP contribution in [0.4, 0.5) is 5.82 Å². The third-order valence-corrected chi connectivity index (χ3v) is 3.73. The number of nitrogens with one attached hydrogen (secondary N) is 2. The van der Waals surface area contributed by atoms with E-state index in [1.165, 1.54) is 0 Å². The summed E-state index contributed by atoms with van der Waals surface area (Å²) in [6.07, 6.45) is 2.07. The first-order valence-electron chi connectivity index (χ1n) is 5.89. The number of amides is 1. The molecule has 0 fully saturated rings. The smallest absolute Gasteiger partial charge is 0.271 e. The summed E-state index contributed by atoms with van der Waals surface area (Å²) in [4.78, 5) is 11.5. The van der Waals surface area contributed by atoms with Crippen LogP contribution in [0.3, 0.4) is 0 Å². The summed E-state index contributed by atoms with van der Waals surface area (Å²) in [5.74, 6) is 0.492. The molecule has 0 unspecified atom stereocenters. The van der Waals surface area contributed by atoms with E-state index in [0.29, 0.717) is 18.1 Å². The number of hydrogen-bond acceptors (Lipinski definition) is 5. The van der Waals surface area contributed by atoms with Gasteiger partial charge in [-0.2, -0.15) is 11.8 Å². The van der Waals surface area contributed by atoms with E-state index in [2.05, 4.69) is 40.9 Å². The normalized spacial score (nSPS) is 11.1. The fourth-order valence-electron chi connectivity index (χ4n) is 1.17. The Morgan fingerprint density at radius 1 is 1.39 bits per heavy atom. The average Bonchev–Trinajstić information content (AvgIpc) is 2.37. The maximum Gasteiger partial charge on any atom is 0.271 e. The van der Waals surface area contributed by atoms with Gasteiger partial charge in [-0.25, -0.2) is 0 Å². The highest BCUT2D eigenvalue weighted by Crippen LogP contribution is 2.21. The molecule has 0 aliphatic carbocycles. The number of nitrogens with zero attached hydrogens (tertiary/aromatic N) is 2. The number of hydrogen-bond donors (Lipinski definition) is 2. The molecule has 0 radical (unpaired) electrons. The summed E-state index contributed by atoms with van der Waals surface area (Å²) in [5.41, 5.74) is 0.339. The third kappa shape index (κ3) is 4.52. The quantitative estimate of drug-likeness (QED) is 0.823. The van der Waals surface area contributed by atoms with Crippen molar-refractivity contribution < 1.29 is 4.79 Å². The Bertz CT molecular complexity index is 392. The Morgan fingerprint density at radius 3 is 2.61 bits per heavy atom. The molecule has 0 bridgehead atoms. The summed E-state index contributed by atoms with van der Waals surface area (Å²) in [5, 5.41) is 13.8. The number of rotatable bonds is 6. The van der Waals surface area contributed by atoms with Crippen molar-refractivity contribution in [3.8, 4) is 0 Å². The molecule has 0 aliphatic rings. The number of carbonyl (C=O) groups excluding carboxylic acids is 1. The highest BCUT2D eigenvalue weighted by molar-refractivity contribution is 7.99. The minimum Gasteiger partial charge on any atom is -0.367 e. The SMILES string of the molecule is CCNC(=O)c1ccc(NCC(C)(C)SC)nn1. The summed E-state index contributed by atoms with van der Waals surface area (Å²) >= 11 is 1.79. The summed E-state index contributed by atoms with van der Waals surface area (Å²) < 4.78 is 0.139. The van der Waals surface area contributed by atoms with E-state index >= 15 is 0 Å². The van der Waals surface area contributed by atoms with Crippen molar-refractivity contribution >= 4 is 23.5 Å². The zero-order chi connectivity index (χ0) is 13.6. The van der Waals surface area contributed by atoms with Gasteiger partial charge in [0.25, 0.3) is 5.91 Å². The van der Waals surface area contributed by atoms with Crippen LogP contribution in [0.2, 0.25) is 0 Å². The lowest BCUT2D eigenvalue weighted by molar-refractivity contribution is 0.0950. The first kappa shape index (κ1) is 14.8. The fourth-order valence-corrected chi connectivity index (χ4v) is 1.39. The van der Waals surface area contributed by atoms with Crippen LogP contribution in [0.15, 0.2) is 12.1 Å². The Kier molecular flexibility index (Phi) is 5.40. The zero-order valence-corrected chi connectivity index (χ0v) is 12.1. The molecule has 1 heterocycles. The standard InChI is InChI=1S/C12H20N4OS/c1-5-13-11(17)9-6-7-10(16-15-9)14-8-12(2,3)18-4/h6-7H,5,8H2,1-4H3,(H,13,17)(H,14,16). The molecule has 6 heteroatoms. The Morgan fingerprint density at radius 2 is 2.11 bits per heavy atom. The van der Waals surface area contributed by atoms with Gasteiger partial charge in [-0.1, -0.05) is 0 Å². The topological polar surface area (TPSA) is 66.9 Å². The number of thioether (sulfide) groups is 1. The van der Waals surface area contributed by atoms with Crippen LogP contribution in [-0.2, 0) is 0 Å². The Balaban J connectivity index is 2.58. The molecule has 1 aromatic heterocycles. The van der Waals surface area contributed by atoms with Gasteiger partial charge in [0.05, 0.1) is 0 Å². The molecule has 1 amide bonds. The van der Waals surface area contributed by atoms with E-state index in [0.717, 1.165) is 6.54 Å². The van der Waals surface area contributed by atoms with E-state index in [1.54, 1.807) is 23.9 Å². The summed E-state index contributed by atoms with van der Waals surface area (Å²) in [7, 11) is 0. The monoisotopic (exact) mass is 268 g/mol. The number of anilines is 1. The fraction of sp³-hybridized carbons (Fsp3) is 0.583. The van der Waals surface area contributed by atoms with E-state index in [4.69, 9.17) is 0 Å². The second-order valence-electron chi connectivity index (χ2n) is 4.48. The first-order chi connectivity index (χ1) is 8.48.